The van der Waals surface area contributed by atoms with Crippen LogP contribution in [0.25, 0.3) is 0 Å². The molecule has 0 aliphatic carbocycles. The van der Waals surface area contributed by atoms with Crippen molar-refractivity contribution in [3.8, 4) is 5.88 Å². The highest BCUT2D eigenvalue weighted by Crippen LogP contribution is 2.10. The maximum absolute atomic E-state index is 12.2. The summed E-state index contributed by atoms with van der Waals surface area (Å²) >= 11 is 0. The molecule has 1 heterocycles. The minimum absolute atomic E-state index is 0.00954. The number of aromatic nitrogens is 2. The van der Waals surface area contributed by atoms with Crippen LogP contribution in [0.1, 0.15) is 39.7 Å². The Hall–Kier alpha value is -2.58. The predicted octanol–water partition coefficient (Wildman–Crippen LogP) is 0.513. The lowest BCUT2D eigenvalue weighted by Gasteiger charge is -2.19. The highest BCUT2D eigenvalue weighted by atomic mass is 16.6. The van der Waals surface area contributed by atoms with Crippen LogP contribution in [0.15, 0.2) is 14.6 Å². The number of rotatable bonds is 5. The quantitative estimate of drug-likeness (QED) is 0.591. The molecule has 0 radical (unpaired) electrons. The third-order valence-electron chi connectivity index (χ3n) is 3.35. The van der Waals surface area contributed by atoms with E-state index in [0.717, 1.165) is 9.13 Å². The van der Waals surface area contributed by atoms with E-state index in [1.165, 1.54) is 14.1 Å². The number of hydrogen-bond donors (Lipinski definition) is 2. The van der Waals surface area contributed by atoms with E-state index in [2.05, 4.69) is 10.3 Å². The highest BCUT2D eigenvalue weighted by molar-refractivity contribution is 6.00. The fourth-order valence-corrected chi connectivity index (χ4v) is 2.06. The van der Waals surface area contributed by atoms with Gasteiger partial charge in [-0.05, 0) is 34.1 Å². The Labute approximate surface area is 146 Å². The van der Waals surface area contributed by atoms with Gasteiger partial charge in [0.15, 0.2) is 0 Å². The summed E-state index contributed by atoms with van der Waals surface area (Å²) in [6.07, 6.45) is 0.0291. The summed E-state index contributed by atoms with van der Waals surface area (Å²) < 4.78 is 7.01. The number of ether oxygens (including phenoxy) is 1. The predicted molar refractivity (Wildman–Crippen MR) is 94.5 cm³/mol. The Balaban J connectivity index is 2.71. The molecule has 1 rings (SSSR count). The van der Waals surface area contributed by atoms with E-state index in [0.29, 0.717) is 25.2 Å². The fraction of sp³-hybridized carbons (Fsp3) is 0.625. The molecule has 0 spiro atoms. The monoisotopic (exact) mass is 354 g/mol. The first kappa shape index (κ1) is 20.5. The lowest BCUT2D eigenvalue weighted by Crippen LogP contribution is -2.39. The van der Waals surface area contributed by atoms with Crippen molar-refractivity contribution in [2.75, 3.05) is 13.1 Å². The number of aliphatic imine (C=N–C) groups is 1. The first-order valence-electron chi connectivity index (χ1n) is 7.93. The van der Waals surface area contributed by atoms with Crippen LogP contribution in [-0.4, -0.2) is 44.7 Å². The van der Waals surface area contributed by atoms with E-state index >= 15 is 0 Å². The van der Waals surface area contributed by atoms with Crippen LogP contribution >= 0.6 is 0 Å². The summed E-state index contributed by atoms with van der Waals surface area (Å²) in [5, 5.41) is 12.6. The molecule has 0 unspecified atom stereocenters. The second-order valence-electron chi connectivity index (χ2n) is 6.65. The number of hydrogen-bond acceptors (Lipinski definition) is 6. The van der Waals surface area contributed by atoms with Crippen molar-refractivity contribution in [3.05, 3.63) is 26.4 Å². The lowest BCUT2D eigenvalue weighted by atomic mass is 10.2. The molecule has 0 saturated carbocycles. The average Bonchev–Trinajstić information content (AvgIpc) is 2.49. The van der Waals surface area contributed by atoms with Crippen molar-refractivity contribution < 1.29 is 14.6 Å². The summed E-state index contributed by atoms with van der Waals surface area (Å²) in [7, 11) is 2.71. The molecule has 1 aromatic rings. The summed E-state index contributed by atoms with van der Waals surface area (Å²) in [6, 6.07) is 0. The molecule has 2 N–H and O–H groups in total. The van der Waals surface area contributed by atoms with E-state index in [1.807, 2.05) is 0 Å². The minimum Gasteiger partial charge on any atom is -0.494 e. The van der Waals surface area contributed by atoms with Crippen LogP contribution in [0.2, 0.25) is 0 Å². The zero-order valence-electron chi connectivity index (χ0n) is 15.5. The Morgan fingerprint density at radius 1 is 1.24 bits per heavy atom. The highest BCUT2D eigenvalue weighted by Gasteiger charge is 2.17. The first-order chi connectivity index (χ1) is 11.5. The van der Waals surface area contributed by atoms with E-state index in [9.17, 15) is 19.5 Å². The minimum atomic E-state index is -0.611. The molecule has 0 aliphatic rings. The molecule has 9 heteroatoms. The number of carbonyl (C=O) groups is 1. The van der Waals surface area contributed by atoms with Crippen molar-refractivity contribution in [2.24, 2.45) is 19.1 Å². The van der Waals surface area contributed by atoms with Gasteiger partial charge in [-0.25, -0.2) is 9.59 Å². The van der Waals surface area contributed by atoms with Gasteiger partial charge in [0, 0.05) is 32.9 Å². The van der Waals surface area contributed by atoms with E-state index in [-0.39, 0.29) is 5.56 Å². The largest absolute Gasteiger partial charge is 0.494 e. The van der Waals surface area contributed by atoms with E-state index in [4.69, 9.17) is 4.74 Å². The average molecular weight is 354 g/mol. The normalized spacial score (nSPS) is 12.2. The van der Waals surface area contributed by atoms with Crippen molar-refractivity contribution >= 4 is 11.8 Å². The van der Waals surface area contributed by atoms with Gasteiger partial charge in [0.25, 0.3) is 5.56 Å². The van der Waals surface area contributed by atoms with Crippen LogP contribution in [-0.2, 0) is 18.8 Å². The van der Waals surface area contributed by atoms with Gasteiger partial charge in [0.1, 0.15) is 11.2 Å². The number of nitrogens with one attached hydrogen (secondary N) is 1. The zero-order valence-corrected chi connectivity index (χ0v) is 15.5. The van der Waals surface area contributed by atoms with Gasteiger partial charge in [-0.1, -0.05) is 0 Å². The topological polar surface area (TPSA) is 115 Å². The molecule has 0 atom stereocenters. The van der Waals surface area contributed by atoms with Gasteiger partial charge in [0.05, 0.1) is 0 Å². The van der Waals surface area contributed by atoms with Crippen LogP contribution < -0.4 is 16.6 Å². The van der Waals surface area contributed by atoms with Crippen molar-refractivity contribution in [2.45, 2.75) is 39.7 Å². The summed E-state index contributed by atoms with van der Waals surface area (Å²) in [5.74, 6) is -0.416. The molecule has 140 valence electrons. The molecule has 1 amide bonds. The second-order valence-corrected chi connectivity index (χ2v) is 6.65. The smallest absolute Gasteiger partial charge is 0.407 e. The SMILES string of the molecule is CC(=NCCCNC(=O)OC(C)(C)C)c1c(O)n(C)c(=O)n(C)c1=O. The summed E-state index contributed by atoms with van der Waals surface area (Å²) in [5.41, 5.74) is -1.45. The molecule has 1 aromatic heterocycles. The molecule has 0 fully saturated rings. The Morgan fingerprint density at radius 3 is 2.40 bits per heavy atom. The molecular weight excluding hydrogens is 328 g/mol. The van der Waals surface area contributed by atoms with E-state index < -0.39 is 28.8 Å². The first-order valence-corrected chi connectivity index (χ1v) is 7.93. The second kappa shape index (κ2) is 8.00. The van der Waals surface area contributed by atoms with E-state index in [1.54, 1.807) is 27.7 Å². The zero-order chi connectivity index (χ0) is 19.4. The number of nitrogens with zero attached hydrogens (tertiary/aromatic N) is 3. The molecule has 25 heavy (non-hydrogen) atoms. The summed E-state index contributed by atoms with van der Waals surface area (Å²) in [4.78, 5) is 39.6. The maximum atomic E-state index is 12.2. The molecule has 0 saturated heterocycles. The Morgan fingerprint density at radius 2 is 1.84 bits per heavy atom. The van der Waals surface area contributed by atoms with Gasteiger partial charge in [0.2, 0.25) is 5.88 Å². The standard InChI is InChI=1S/C16H26N4O5/c1-10(11-12(21)19(5)15(24)20(6)13(11)22)17-8-7-9-18-14(23)25-16(2,3)4/h21H,7-9H2,1-6H3,(H,18,23). The maximum Gasteiger partial charge on any atom is 0.407 e. The molecule has 0 bridgehead atoms. The van der Waals surface area contributed by atoms with Gasteiger partial charge in [-0.15, -0.1) is 0 Å². The van der Waals surface area contributed by atoms with Crippen molar-refractivity contribution in [1.29, 1.82) is 0 Å². The fourth-order valence-electron chi connectivity index (χ4n) is 2.06. The van der Waals surface area contributed by atoms with Gasteiger partial charge in [-0.2, -0.15) is 0 Å². The number of amides is 1. The van der Waals surface area contributed by atoms with Crippen LogP contribution in [0.3, 0.4) is 0 Å². The molecular formula is C16H26N4O5. The van der Waals surface area contributed by atoms with Gasteiger partial charge >= 0.3 is 11.8 Å². The van der Waals surface area contributed by atoms with Crippen LogP contribution in [0.5, 0.6) is 5.88 Å². The van der Waals surface area contributed by atoms with Gasteiger partial charge in [-0.3, -0.25) is 18.9 Å². The molecule has 9 nitrogen and oxygen atoms in total. The van der Waals surface area contributed by atoms with Crippen molar-refractivity contribution in [3.63, 3.8) is 0 Å². The molecule has 0 aromatic carbocycles. The third-order valence-corrected chi connectivity index (χ3v) is 3.35. The van der Waals surface area contributed by atoms with Gasteiger partial charge < -0.3 is 15.2 Å². The lowest BCUT2D eigenvalue weighted by molar-refractivity contribution is 0.0527. The van der Waals surface area contributed by atoms with Crippen LogP contribution in [0, 0.1) is 0 Å². The van der Waals surface area contributed by atoms with Crippen LogP contribution in [0.4, 0.5) is 4.79 Å². The Bertz CT molecular complexity index is 783. The van der Waals surface area contributed by atoms with Crippen molar-refractivity contribution in [1.82, 2.24) is 14.5 Å². The number of aromatic hydroxyl groups is 1. The Kier molecular flexibility index (Phi) is 6.55. The number of carbonyl (C=O) groups excluding carboxylic acids is 1. The molecule has 0 aliphatic heterocycles. The number of alkyl carbamates (subject to hydrolysis) is 1. The third kappa shape index (κ3) is 5.47. The summed E-state index contributed by atoms with van der Waals surface area (Å²) in [6.45, 7) is 7.62.